The summed E-state index contributed by atoms with van der Waals surface area (Å²) in [6.45, 7) is 0.617. The SMILES string of the molecule is CS(=O)(=O)N1CCCCC[C@H]1c1ccc(Cl)cc1. The van der Waals surface area contributed by atoms with Crippen molar-refractivity contribution in [3.8, 4) is 0 Å². The van der Waals surface area contributed by atoms with Crippen molar-refractivity contribution in [2.24, 2.45) is 0 Å². The van der Waals surface area contributed by atoms with E-state index in [0.29, 0.717) is 11.6 Å². The molecule has 0 unspecified atom stereocenters. The lowest BCUT2D eigenvalue weighted by atomic mass is 10.0. The molecule has 0 radical (unpaired) electrons. The number of halogens is 1. The number of hydrogen-bond donors (Lipinski definition) is 0. The zero-order chi connectivity index (χ0) is 13.2. The van der Waals surface area contributed by atoms with Crippen molar-refractivity contribution in [2.75, 3.05) is 12.8 Å². The molecule has 1 atom stereocenters. The largest absolute Gasteiger partial charge is 0.212 e. The van der Waals surface area contributed by atoms with Gasteiger partial charge >= 0.3 is 0 Å². The fourth-order valence-electron chi connectivity index (χ4n) is 2.50. The first-order valence-corrected chi connectivity index (χ1v) is 8.43. The van der Waals surface area contributed by atoms with E-state index in [-0.39, 0.29) is 6.04 Å². The van der Waals surface area contributed by atoms with E-state index < -0.39 is 10.0 Å². The van der Waals surface area contributed by atoms with Crippen LogP contribution in [0.25, 0.3) is 0 Å². The van der Waals surface area contributed by atoms with Crippen LogP contribution in [0.5, 0.6) is 0 Å². The first-order chi connectivity index (χ1) is 8.48. The number of rotatable bonds is 2. The van der Waals surface area contributed by atoms with Gasteiger partial charge in [0.1, 0.15) is 0 Å². The summed E-state index contributed by atoms with van der Waals surface area (Å²) in [7, 11) is -3.16. The molecule has 0 aromatic heterocycles. The Morgan fingerprint density at radius 3 is 2.44 bits per heavy atom. The first-order valence-electron chi connectivity index (χ1n) is 6.21. The molecule has 2 rings (SSSR count). The third kappa shape index (κ3) is 3.25. The van der Waals surface area contributed by atoms with Crippen LogP contribution in [0.4, 0.5) is 0 Å². The van der Waals surface area contributed by atoms with Gasteiger partial charge in [-0.3, -0.25) is 0 Å². The van der Waals surface area contributed by atoms with E-state index in [4.69, 9.17) is 11.6 Å². The highest BCUT2D eigenvalue weighted by molar-refractivity contribution is 7.88. The van der Waals surface area contributed by atoms with Gasteiger partial charge in [-0.25, -0.2) is 8.42 Å². The number of hydrogen-bond acceptors (Lipinski definition) is 2. The maximum atomic E-state index is 11.9. The smallest absolute Gasteiger partial charge is 0.211 e. The molecule has 1 aromatic rings. The monoisotopic (exact) mass is 287 g/mol. The Morgan fingerprint density at radius 2 is 1.83 bits per heavy atom. The summed E-state index contributed by atoms with van der Waals surface area (Å²) < 4.78 is 25.4. The molecular weight excluding hydrogens is 270 g/mol. The standard InChI is InChI=1S/C13H18ClNO2S/c1-18(16,17)15-10-4-2-3-5-13(15)11-6-8-12(14)9-7-11/h6-9,13H,2-5,10H2,1H3/t13-/m0/s1. The Hall–Kier alpha value is -0.580. The summed E-state index contributed by atoms with van der Waals surface area (Å²) in [5.74, 6) is 0. The summed E-state index contributed by atoms with van der Waals surface area (Å²) in [5, 5.41) is 0.679. The Labute approximate surface area is 114 Å². The maximum Gasteiger partial charge on any atom is 0.211 e. The highest BCUT2D eigenvalue weighted by atomic mass is 35.5. The van der Waals surface area contributed by atoms with Gasteiger partial charge in [-0.1, -0.05) is 36.6 Å². The van der Waals surface area contributed by atoms with Crippen LogP contribution in [-0.2, 0) is 10.0 Å². The van der Waals surface area contributed by atoms with Crippen molar-refractivity contribution in [3.63, 3.8) is 0 Å². The van der Waals surface area contributed by atoms with E-state index >= 15 is 0 Å². The average molecular weight is 288 g/mol. The number of nitrogens with zero attached hydrogens (tertiary/aromatic N) is 1. The molecule has 0 bridgehead atoms. The molecule has 0 spiro atoms. The Kier molecular flexibility index (Phi) is 4.30. The van der Waals surface area contributed by atoms with Gasteiger partial charge in [0.15, 0.2) is 0 Å². The minimum atomic E-state index is -3.16. The molecule has 1 aliphatic rings. The van der Waals surface area contributed by atoms with Gasteiger partial charge in [-0.15, -0.1) is 0 Å². The Balaban J connectivity index is 2.34. The molecule has 1 heterocycles. The molecule has 0 N–H and O–H groups in total. The van der Waals surface area contributed by atoms with E-state index in [1.807, 2.05) is 24.3 Å². The van der Waals surface area contributed by atoms with Gasteiger partial charge < -0.3 is 0 Å². The lowest BCUT2D eigenvalue weighted by molar-refractivity contribution is 0.331. The molecule has 1 aromatic carbocycles. The summed E-state index contributed by atoms with van der Waals surface area (Å²) >= 11 is 5.88. The van der Waals surface area contributed by atoms with Crippen molar-refractivity contribution >= 4 is 21.6 Å². The molecule has 18 heavy (non-hydrogen) atoms. The van der Waals surface area contributed by atoms with Crippen LogP contribution in [0.1, 0.15) is 37.3 Å². The maximum absolute atomic E-state index is 11.9. The van der Waals surface area contributed by atoms with Gasteiger partial charge in [-0.2, -0.15) is 4.31 Å². The zero-order valence-electron chi connectivity index (χ0n) is 10.5. The van der Waals surface area contributed by atoms with Crippen LogP contribution in [0, 0.1) is 0 Å². The Bertz CT molecular complexity index is 498. The summed E-state index contributed by atoms with van der Waals surface area (Å²) in [4.78, 5) is 0. The van der Waals surface area contributed by atoms with Crippen molar-refractivity contribution in [3.05, 3.63) is 34.9 Å². The molecule has 1 aliphatic heterocycles. The fraction of sp³-hybridized carbons (Fsp3) is 0.538. The predicted octanol–water partition coefficient (Wildman–Crippen LogP) is 3.22. The first kappa shape index (κ1) is 13.8. The minimum Gasteiger partial charge on any atom is -0.212 e. The fourth-order valence-corrected chi connectivity index (χ4v) is 3.77. The van der Waals surface area contributed by atoms with Crippen LogP contribution >= 0.6 is 11.6 Å². The van der Waals surface area contributed by atoms with Crippen LogP contribution < -0.4 is 0 Å². The topological polar surface area (TPSA) is 37.4 Å². The van der Waals surface area contributed by atoms with Crippen LogP contribution in [-0.4, -0.2) is 25.5 Å². The van der Waals surface area contributed by atoms with Crippen molar-refractivity contribution in [1.29, 1.82) is 0 Å². The van der Waals surface area contributed by atoms with Crippen LogP contribution in [0.2, 0.25) is 5.02 Å². The minimum absolute atomic E-state index is 0.0419. The van der Waals surface area contributed by atoms with E-state index in [1.165, 1.54) is 6.26 Å². The third-order valence-corrected chi connectivity index (χ3v) is 4.93. The highest BCUT2D eigenvalue weighted by Gasteiger charge is 2.28. The van der Waals surface area contributed by atoms with E-state index in [2.05, 4.69) is 0 Å². The molecule has 0 aliphatic carbocycles. The van der Waals surface area contributed by atoms with Crippen molar-refractivity contribution < 1.29 is 8.42 Å². The second-order valence-corrected chi connectivity index (χ2v) is 7.16. The molecule has 1 saturated heterocycles. The normalized spacial score (nSPS) is 22.7. The second-order valence-electron chi connectivity index (χ2n) is 4.79. The van der Waals surface area contributed by atoms with Crippen LogP contribution in [0.15, 0.2) is 24.3 Å². The zero-order valence-corrected chi connectivity index (χ0v) is 12.0. The molecule has 1 fully saturated rings. The van der Waals surface area contributed by atoms with Gasteiger partial charge in [0.2, 0.25) is 10.0 Å². The lowest BCUT2D eigenvalue weighted by Gasteiger charge is -2.28. The number of sulfonamides is 1. The van der Waals surface area contributed by atoms with Gasteiger partial charge in [0, 0.05) is 17.6 Å². The Morgan fingerprint density at radius 1 is 1.17 bits per heavy atom. The number of benzene rings is 1. The van der Waals surface area contributed by atoms with Crippen molar-refractivity contribution in [1.82, 2.24) is 4.31 Å². The third-order valence-electron chi connectivity index (χ3n) is 3.38. The van der Waals surface area contributed by atoms with E-state index in [1.54, 1.807) is 4.31 Å². The van der Waals surface area contributed by atoms with Gasteiger partial charge in [0.25, 0.3) is 0 Å². The van der Waals surface area contributed by atoms with Gasteiger partial charge in [-0.05, 0) is 30.5 Å². The molecule has 0 amide bonds. The average Bonchev–Trinajstić information content (AvgIpc) is 2.54. The van der Waals surface area contributed by atoms with E-state index in [9.17, 15) is 8.42 Å². The lowest BCUT2D eigenvalue weighted by Crippen LogP contribution is -2.33. The molecule has 100 valence electrons. The summed E-state index contributed by atoms with van der Waals surface area (Å²) in [6, 6.07) is 7.46. The summed E-state index contributed by atoms with van der Waals surface area (Å²) in [6.07, 6.45) is 5.28. The molecule has 3 nitrogen and oxygen atoms in total. The molecule has 5 heteroatoms. The highest BCUT2D eigenvalue weighted by Crippen LogP contribution is 2.32. The predicted molar refractivity (Wildman–Crippen MR) is 74.2 cm³/mol. The molecular formula is C13H18ClNO2S. The second kappa shape index (κ2) is 5.59. The van der Waals surface area contributed by atoms with Crippen molar-refractivity contribution in [2.45, 2.75) is 31.7 Å². The van der Waals surface area contributed by atoms with E-state index in [0.717, 1.165) is 31.2 Å². The molecule has 0 saturated carbocycles. The van der Waals surface area contributed by atoms with Gasteiger partial charge in [0.05, 0.1) is 6.26 Å². The quantitative estimate of drug-likeness (QED) is 0.837. The van der Waals surface area contributed by atoms with Crippen LogP contribution in [0.3, 0.4) is 0 Å². The summed E-state index contributed by atoms with van der Waals surface area (Å²) in [5.41, 5.74) is 1.03.